The molecule has 7 heteroatoms. The number of aliphatic hydroxyl groups is 1. The Balaban J connectivity index is 1.09. The van der Waals surface area contributed by atoms with E-state index in [2.05, 4.69) is 26.1 Å². The third-order valence-electron chi connectivity index (χ3n) is 14.3. The molecule has 230 valence electrons. The molecule has 7 fully saturated rings. The van der Waals surface area contributed by atoms with Gasteiger partial charge in [-0.05, 0) is 131 Å². The molecular weight excluding hydrogens is 518 g/mol. The highest BCUT2D eigenvalue weighted by atomic mass is 16.6. The molecule has 7 aliphatic rings. The van der Waals surface area contributed by atoms with E-state index in [1.807, 2.05) is 0 Å². The van der Waals surface area contributed by atoms with Crippen molar-refractivity contribution in [3.8, 4) is 0 Å². The first-order chi connectivity index (χ1) is 19.2. The molecule has 2 spiro atoms. The van der Waals surface area contributed by atoms with Crippen LogP contribution in [0.3, 0.4) is 0 Å². The van der Waals surface area contributed by atoms with Crippen LogP contribution < -0.4 is 5.32 Å². The van der Waals surface area contributed by atoms with Gasteiger partial charge in [0.2, 0.25) is 0 Å². The molecule has 7 nitrogen and oxygen atoms in total. The van der Waals surface area contributed by atoms with Gasteiger partial charge in [-0.1, -0.05) is 20.8 Å². The van der Waals surface area contributed by atoms with E-state index in [0.29, 0.717) is 34.0 Å². The fraction of sp³-hybridized carbons (Fsp3) is 0.941. The van der Waals surface area contributed by atoms with Gasteiger partial charge in [0.25, 0.3) is 0 Å². The highest BCUT2D eigenvalue weighted by Gasteiger charge is 2.81. The maximum Gasteiger partial charge on any atom is 0.323 e. The fourth-order valence-electron chi connectivity index (χ4n) is 12.3. The summed E-state index contributed by atoms with van der Waals surface area (Å²) >= 11 is 0. The van der Waals surface area contributed by atoms with Crippen LogP contribution in [0.5, 0.6) is 0 Å². The van der Waals surface area contributed by atoms with Gasteiger partial charge in [-0.15, -0.1) is 0 Å². The van der Waals surface area contributed by atoms with E-state index in [0.717, 1.165) is 44.6 Å². The molecule has 8 unspecified atom stereocenters. The molecule has 5 aliphatic carbocycles. The van der Waals surface area contributed by atoms with E-state index >= 15 is 0 Å². The van der Waals surface area contributed by atoms with Crippen LogP contribution in [0.15, 0.2) is 0 Å². The van der Waals surface area contributed by atoms with Crippen LogP contribution in [-0.4, -0.2) is 59.6 Å². The Labute approximate surface area is 246 Å². The van der Waals surface area contributed by atoms with Gasteiger partial charge in [0.15, 0.2) is 6.10 Å². The van der Waals surface area contributed by atoms with Crippen molar-refractivity contribution in [2.24, 2.45) is 45.3 Å². The van der Waals surface area contributed by atoms with E-state index in [4.69, 9.17) is 14.2 Å². The van der Waals surface area contributed by atoms with Gasteiger partial charge in [-0.25, -0.2) is 0 Å². The zero-order chi connectivity index (χ0) is 29.2. The second kappa shape index (κ2) is 9.17. The summed E-state index contributed by atoms with van der Waals surface area (Å²) in [4.78, 5) is 24.7. The summed E-state index contributed by atoms with van der Waals surface area (Å²) in [5.41, 5.74) is 0.0240. The minimum absolute atomic E-state index is 0.00962. The van der Waals surface area contributed by atoms with Crippen molar-refractivity contribution in [3.63, 3.8) is 0 Å². The lowest BCUT2D eigenvalue weighted by atomic mass is 9.46. The number of carbonyl (C=O) groups excluding carboxylic acids is 2. The molecule has 0 aromatic rings. The van der Waals surface area contributed by atoms with Crippen LogP contribution in [0.25, 0.3) is 0 Å². The van der Waals surface area contributed by atoms with Crippen molar-refractivity contribution >= 4 is 11.9 Å². The van der Waals surface area contributed by atoms with E-state index in [-0.39, 0.29) is 41.7 Å². The zero-order valence-electron chi connectivity index (χ0n) is 26.2. The van der Waals surface area contributed by atoms with Crippen LogP contribution in [0.1, 0.15) is 112 Å². The van der Waals surface area contributed by atoms with Crippen LogP contribution in [0.4, 0.5) is 0 Å². The predicted octanol–water partition coefficient (Wildman–Crippen LogP) is 5.17. The standard InChI is InChI=1S/C34H53NO6/c1-19(36)39-28(31(4,5)38)24-9-7-21-25(40-24)17-22-20-8-10-26-30(2,3)27(41-29(37)23-12-16-35-23)11-13-34(26)18-33(20,34)15-14-32(21,22)6/h20-28,35,38H,7-18H2,1-6H3/t20?,21?,22?,23?,24?,25?,26?,27-,28-,32+,33?,34+/m0/s1. The van der Waals surface area contributed by atoms with Gasteiger partial charge < -0.3 is 24.6 Å². The van der Waals surface area contributed by atoms with Crippen LogP contribution in [0, 0.1) is 45.3 Å². The van der Waals surface area contributed by atoms with Gasteiger partial charge in [0.05, 0.1) is 17.8 Å². The van der Waals surface area contributed by atoms with E-state index in [1.165, 1.54) is 45.4 Å². The Morgan fingerprint density at radius 1 is 0.951 bits per heavy atom. The summed E-state index contributed by atoms with van der Waals surface area (Å²) < 4.78 is 18.7. The topological polar surface area (TPSA) is 94.1 Å². The molecule has 0 amide bonds. The third kappa shape index (κ3) is 3.99. The summed E-state index contributed by atoms with van der Waals surface area (Å²) in [7, 11) is 0. The first-order valence-corrected chi connectivity index (χ1v) is 16.7. The fourth-order valence-corrected chi connectivity index (χ4v) is 12.3. The number of carbonyl (C=O) groups is 2. The van der Waals surface area contributed by atoms with E-state index < -0.39 is 11.7 Å². The molecule has 0 radical (unpaired) electrons. The summed E-state index contributed by atoms with van der Waals surface area (Å²) in [5.74, 6) is 2.18. The Bertz CT molecular complexity index is 1100. The largest absolute Gasteiger partial charge is 0.461 e. The Morgan fingerprint density at radius 2 is 1.68 bits per heavy atom. The average molecular weight is 572 g/mol. The van der Waals surface area contributed by atoms with Crippen LogP contribution >= 0.6 is 0 Å². The SMILES string of the molecule is CC(=O)O[C@@H](C1CCC2C(CC3C4CCC5C(C)(C)[C@@H](OC(=O)C6CCN6)CC[C@@]56CC46CC[C@]23C)O1)C(C)(C)O. The minimum atomic E-state index is -1.14. The molecule has 2 aliphatic heterocycles. The molecule has 0 bridgehead atoms. The Hall–Kier alpha value is -1.18. The second-order valence-corrected chi connectivity index (χ2v) is 16.7. The lowest BCUT2D eigenvalue weighted by Crippen LogP contribution is -2.56. The van der Waals surface area contributed by atoms with Crippen molar-refractivity contribution in [2.45, 2.75) is 148 Å². The maximum absolute atomic E-state index is 12.8. The smallest absolute Gasteiger partial charge is 0.323 e. The molecule has 12 atom stereocenters. The quantitative estimate of drug-likeness (QED) is 0.440. The number of fused-ring (bicyclic) bond motifs is 4. The third-order valence-corrected chi connectivity index (χ3v) is 14.3. The zero-order valence-corrected chi connectivity index (χ0v) is 26.2. The highest BCUT2D eigenvalue weighted by molar-refractivity contribution is 5.77. The predicted molar refractivity (Wildman–Crippen MR) is 154 cm³/mol. The number of rotatable bonds is 5. The first kappa shape index (κ1) is 28.6. The Morgan fingerprint density at radius 3 is 2.34 bits per heavy atom. The maximum atomic E-state index is 12.8. The normalized spacial score (nSPS) is 50.0. The molecule has 0 aromatic heterocycles. The number of esters is 2. The van der Waals surface area contributed by atoms with Gasteiger partial charge in [-0.3, -0.25) is 9.59 Å². The molecule has 5 saturated carbocycles. The van der Waals surface area contributed by atoms with Crippen molar-refractivity contribution in [3.05, 3.63) is 0 Å². The highest BCUT2D eigenvalue weighted by Crippen LogP contribution is 2.87. The first-order valence-electron chi connectivity index (χ1n) is 16.7. The molecule has 2 saturated heterocycles. The van der Waals surface area contributed by atoms with Crippen molar-refractivity contribution in [1.82, 2.24) is 5.32 Å². The monoisotopic (exact) mass is 571 g/mol. The number of ether oxygens (including phenoxy) is 3. The minimum Gasteiger partial charge on any atom is -0.461 e. The van der Waals surface area contributed by atoms with E-state index in [1.54, 1.807) is 13.8 Å². The molecule has 2 heterocycles. The van der Waals surface area contributed by atoms with Crippen molar-refractivity contribution < 1.29 is 28.9 Å². The van der Waals surface area contributed by atoms with E-state index in [9.17, 15) is 14.7 Å². The molecular formula is C34H53NO6. The summed E-state index contributed by atoms with van der Waals surface area (Å²) in [6.07, 6.45) is 11.9. The van der Waals surface area contributed by atoms with Crippen LogP contribution in [-0.2, 0) is 23.8 Å². The molecule has 41 heavy (non-hydrogen) atoms. The summed E-state index contributed by atoms with van der Waals surface area (Å²) in [6.45, 7) is 13.1. The lowest BCUT2D eigenvalue weighted by Gasteiger charge is -2.59. The molecule has 0 aromatic carbocycles. The number of hydrogen-bond acceptors (Lipinski definition) is 7. The molecule has 7 rings (SSSR count). The second-order valence-electron chi connectivity index (χ2n) is 16.7. The lowest BCUT2D eigenvalue weighted by molar-refractivity contribution is -0.200. The van der Waals surface area contributed by atoms with Crippen molar-refractivity contribution in [2.75, 3.05) is 6.54 Å². The number of nitrogens with one attached hydrogen (secondary N) is 1. The van der Waals surface area contributed by atoms with Crippen molar-refractivity contribution in [1.29, 1.82) is 0 Å². The van der Waals surface area contributed by atoms with Gasteiger partial charge in [0.1, 0.15) is 12.1 Å². The average Bonchev–Trinajstić information content (AvgIpc) is 3.42. The number of hydrogen-bond donors (Lipinski definition) is 2. The summed E-state index contributed by atoms with van der Waals surface area (Å²) in [6, 6.07) is -0.0961. The Kier molecular flexibility index (Phi) is 6.39. The van der Waals surface area contributed by atoms with Crippen LogP contribution in [0.2, 0.25) is 0 Å². The summed E-state index contributed by atoms with van der Waals surface area (Å²) in [5, 5.41) is 14.1. The van der Waals surface area contributed by atoms with Gasteiger partial charge in [-0.2, -0.15) is 0 Å². The van der Waals surface area contributed by atoms with Gasteiger partial charge >= 0.3 is 11.9 Å². The van der Waals surface area contributed by atoms with Gasteiger partial charge in [0, 0.05) is 12.3 Å². The molecule has 2 N–H and O–H groups in total.